The Labute approximate surface area is 194 Å². The molecular weight excluding hydrogens is 428 g/mol. The zero-order valence-corrected chi connectivity index (χ0v) is 19.5. The molecule has 0 nitrogen and oxygen atoms in total. The molecule has 2 aliphatic rings. The van der Waals surface area contributed by atoms with Crippen molar-refractivity contribution in [2.75, 3.05) is 0 Å². The molecule has 0 aromatic heterocycles. The van der Waals surface area contributed by atoms with Crippen molar-refractivity contribution in [2.24, 2.45) is 0 Å². The van der Waals surface area contributed by atoms with Crippen molar-refractivity contribution in [3.05, 3.63) is 134 Å². The number of benzene rings is 4. The Hall–Kier alpha value is -2.24. The van der Waals surface area contributed by atoms with Gasteiger partial charge >= 0.3 is 26.2 Å². The molecule has 29 heavy (non-hydrogen) atoms. The first-order valence-corrected chi connectivity index (χ1v) is 9.06. The second-order valence-electron chi connectivity index (χ2n) is 6.79. The van der Waals surface area contributed by atoms with Crippen molar-refractivity contribution < 1.29 is 26.2 Å². The maximum atomic E-state index is 3.30. The quantitative estimate of drug-likeness (QED) is 0.218. The van der Waals surface area contributed by atoms with Gasteiger partial charge < -0.3 is 14.9 Å². The predicted octanol–water partition coefficient (Wildman–Crippen LogP) is 7.01. The summed E-state index contributed by atoms with van der Waals surface area (Å²) < 4.78 is 0. The van der Waals surface area contributed by atoms with Crippen LogP contribution >= 0.6 is 0 Å². The summed E-state index contributed by atoms with van der Waals surface area (Å²) in [7, 11) is 0. The third-order valence-electron chi connectivity index (χ3n) is 5.23. The van der Waals surface area contributed by atoms with Gasteiger partial charge in [0.05, 0.1) is 0 Å². The average Bonchev–Trinajstić information content (AvgIpc) is 3.27. The summed E-state index contributed by atoms with van der Waals surface area (Å²) in [6.45, 7) is 0. The molecule has 0 spiro atoms. The standard InChI is InChI=1S/2C13H9.2CH3.Zr/c2*1-3-7-12-10(5-1)9-11-6-2-4-8-13(11)12;;;/h2*1-5,7-8H,9H2;2*1H3;/q4*-1;+4. The van der Waals surface area contributed by atoms with Crippen molar-refractivity contribution in [1.82, 2.24) is 0 Å². The summed E-state index contributed by atoms with van der Waals surface area (Å²) in [6.07, 6.45) is 2.10. The average molecular weight is 452 g/mol. The summed E-state index contributed by atoms with van der Waals surface area (Å²) in [5.74, 6) is 0. The molecular formula is C28H24Zr. The Morgan fingerprint density at radius 3 is 1.31 bits per heavy atom. The molecule has 0 radical (unpaired) electrons. The molecule has 0 saturated heterocycles. The molecule has 0 N–H and O–H groups in total. The van der Waals surface area contributed by atoms with Crippen LogP contribution in [0.1, 0.15) is 22.3 Å². The van der Waals surface area contributed by atoms with E-state index in [0.717, 1.165) is 12.8 Å². The Morgan fingerprint density at radius 1 is 0.483 bits per heavy atom. The number of hydrogen-bond acceptors (Lipinski definition) is 0. The van der Waals surface area contributed by atoms with Crippen molar-refractivity contribution in [2.45, 2.75) is 12.8 Å². The number of fused-ring (bicyclic) bond motifs is 6. The van der Waals surface area contributed by atoms with E-state index in [1.807, 2.05) is 12.1 Å². The predicted molar refractivity (Wildman–Crippen MR) is 120 cm³/mol. The SMILES string of the molecule is [CH3-].[CH3-].[Zr+4].[c-]1cccc2c1Cc1ccccc1-2.[c-]1cccc2c1Cc1ccccc1-2. The van der Waals surface area contributed by atoms with Crippen LogP contribution in [-0.4, -0.2) is 0 Å². The molecule has 4 aromatic carbocycles. The van der Waals surface area contributed by atoms with Gasteiger partial charge in [0.1, 0.15) is 0 Å². The van der Waals surface area contributed by atoms with Gasteiger partial charge in [-0.3, -0.25) is 0 Å². The summed E-state index contributed by atoms with van der Waals surface area (Å²) in [5.41, 5.74) is 11.0. The van der Waals surface area contributed by atoms with Crippen LogP contribution in [0.15, 0.2) is 84.9 Å². The minimum absolute atomic E-state index is 0. The van der Waals surface area contributed by atoms with Gasteiger partial charge in [0.25, 0.3) is 0 Å². The normalized spacial score (nSPS) is 11.0. The van der Waals surface area contributed by atoms with Gasteiger partial charge in [0.15, 0.2) is 0 Å². The maximum Gasteiger partial charge on any atom is 4.00 e. The van der Waals surface area contributed by atoms with Gasteiger partial charge in [-0.15, -0.1) is 11.1 Å². The van der Waals surface area contributed by atoms with Crippen LogP contribution in [0.2, 0.25) is 0 Å². The molecule has 1 heteroatoms. The maximum absolute atomic E-state index is 3.30. The van der Waals surface area contributed by atoms with E-state index in [9.17, 15) is 0 Å². The molecule has 140 valence electrons. The van der Waals surface area contributed by atoms with Crippen molar-refractivity contribution in [1.29, 1.82) is 0 Å². The van der Waals surface area contributed by atoms with Crippen LogP contribution in [0, 0.1) is 27.0 Å². The Bertz CT molecular complexity index is 918. The minimum atomic E-state index is 0. The van der Waals surface area contributed by atoms with E-state index in [1.165, 1.54) is 44.5 Å². The third-order valence-corrected chi connectivity index (χ3v) is 5.23. The Kier molecular flexibility index (Phi) is 7.94. The summed E-state index contributed by atoms with van der Waals surface area (Å²) in [5, 5.41) is 0. The molecule has 0 aliphatic heterocycles. The van der Waals surface area contributed by atoms with E-state index in [2.05, 4.69) is 84.9 Å². The van der Waals surface area contributed by atoms with E-state index in [4.69, 9.17) is 0 Å². The van der Waals surface area contributed by atoms with Gasteiger partial charge in [-0.25, -0.2) is 0 Å². The first kappa shape index (κ1) is 23.0. The van der Waals surface area contributed by atoms with Gasteiger partial charge in [-0.05, 0) is 12.8 Å². The zero-order chi connectivity index (χ0) is 17.3. The smallest absolute Gasteiger partial charge is 0.358 e. The van der Waals surface area contributed by atoms with Gasteiger partial charge in [0, 0.05) is 0 Å². The van der Waals surface area contributed by atoms with Crippen LogP contribution in [0.4, 0.5) is 0 Å². The van der Waals surface area contributed by atoms with Crippen LogP contribution in [-0.2, 0) is 39.0 Å². The largest absolute Gasteiger partial charge is 4.00 e. The minimum Gasteiger partial charge on any atom is -0.358 e. The summed E-state index contributed by atoms with van der Waals surface area (Å²) >= 11 is 0. The zero-order valence-electron chi connectivity index (χ0n) is 17.0. The van der Waals surface area contributed by atoms with E-state index in [1.54, 1.807) is 0 Å². The molecule has 4 aromatic rings. The van der Waals surface area contributed by atoms with E-state index >= 15 is 0 Å². The third kappa shape index (κ3) is 4.36. The second-order valence-corrected chi connectivity index (χ2v) is 6.79. The molecule has 0 unspecified atom stereocenters. The van der Waals surface area contributed by atoms with Crippen LogP contribution in [0.3, 0.4) is 0 Å². The van der Waals surface area contributed by atoms with Gasteiger partial charge in [0.2, 0.25) is 0 Å². The first-order valence-electron chi connectivity index (χ1n) is 9.06. The molecule has 0 amide bonds. The topological polar surface area (TPSA) is 0 Å². The molecule has 2 aliphatic carbocycles. The van der Waals surface area contributed by atoms with Crippen LogP contribution in [0.25, 0.3) is 22.3 Å². The van der Waals surface area contributed by atoms with Crippen molar-refractivity contribution in [3.63, 3.8) is 0 Å². The fraction of sp³-hybridized carbons (Fsp3) is 0.0714. The van der Waals surface area contributed by atoms with Crippen LogP contribution < -0.4 is 0 Å². The fourth-order valence-electron chi connectivity index (χ4n) is 4.00. The van der Waals surface area contributed by atoms with E-state index < -0.39 is 0 Å². The van der Waals surface area contributed by atoms with E-state index in [-0.39, 0.29) is 41.1 Å². The van der Waals surface area contributed by atoms with Crippen molar-refractivity contribution in [3.8, 4) is 22.3 Å². The number of rotatable bonds is 0. The second kappa shape index (κ2) is 9.99. The Balaban J connectivity index is 0.000000187. The molecule has 6 rings (SSSR count). The van der Waals surface area contributed by atoms with E-state index in [0.29, 0.717) is 0 Å². The fourth-order valence-corrected chi connectivity index (χ4v) is 4.00. The summed E-state index contributed by atoms with van der Waals surface area (Å²) in [4.78, 5) is 0. The molecule has 0 saturated carbocycles. The summed E-state index contributed by atoms with van der Waals surface area (Å²) in [6, 6.07) is 36.2. The Morgan fingerprint density at radius 2 is 0.862 bits per heavy atom. The first-order chi connectivity index (χ1) is 12.9. The molecule has 0 atom stereocenters. The molecule has 0 bridgehead atoms. The van der Waals surface area contributed by atoms with Gasteiger partial charge in [-0.2, -0.15) is 59.7 Å². The number of hydrogen-bond donors (Lipinski definition) is 0. The molecule has 0 heterocycles. The monoisotopic (exact) mass is 450 g/mol. The van der Waals surface area contributed by atoms with Gasteiger partial charge in [-0.1, -0.05) is 70.8 Å². The van der Waals surface area contributed by atoms with Crippen molar-refractivity contribution >= 4 is 0 Å². The molecule has 0 fully saturated rings. The van der Waals surface area contributed by atoms with Crippen LogP contribution in [0.5, 0.6) is 0 Å².